The summed E-state index contributed by atoms with van der Waals surface area (Å²) in [7, 11) is 1.59. The van der Waals surface area contributed by atoms with E-state index in [-0.39, 0.29) is 23.0 Å². The van der Waals surface area contributed by atoms with Gasteiger partial charge in [-0.05, 0) is 48.2 Å². The summed E-state index contributed by atoms with van der Waals surface area (Å²) in [4.78, 5) is 40.6. The lowest BCUT2D eigenvalue weighted by atomic mass is 9.81. The Hall–Kier alpha value is -3.87. The summed E-state index contributed by atoms with van der Waals surface area (Å²) >= 11 is 0. The molecule has 30 heavy (non-hydrogen) atoms. The Morgan fingerprint density at radius 1 is 1.10 bits per heavy atom. The highest BCUT2D eigenvalue weighted by Gasteiger charge is 2.29. The minimum Gasteiger partial charge on any atom is -0.508 e. The topological polar surface area (TPSA) is 108 Å². The van der Waals surface area contributed by atoms with E-state index >= 15 is 0 Å². The quantitative estimate of drug-likeness (QED) is 0.619. The van der Waals surface area contributed by atoms with E-state index in [1.807, 2.05) is 24.3 Å². The van der Waals surface area contributed by atoms with Crippen molar-refractivity contribution < 1.29 is 19.4 Å². The van der Waals surface area contributed by atoms with Gasteiger partial charge in [-0.2, -0.15) is 0 Å². The van der Waals surface area contributed by atoms with Gasteiger partial charge in [-0.25, -0.2) is 0 Å². The number of phenolic OH excluding ortho intramolecular Hbond substituents is 1. The smallest absolute Gasteiger partial charge is 0.261 e. The van der Waals surface area contributed by atoms with E-state index < -0.39 is 11.5 Å². The molecule has 0 radical (unpaired) electrons. The maximum absolute atomic E-state index is 12.8. The lowest BCUT2D eigenvalue weighted by molar-refractivity contribution is 0.0963. The van der Waals surface area contributed by atoms with Crippen molar-refractivity contribution in [2.75, 3.05) is 12.4 Å². The van der Waals surface area contributed by atoms with Gasteiger partial charge in [-0.15, -0.1) is 0 Å². The Kier molecular flexibility index (Phi) is 5.10. The summed E-state index contributed by atoms with van der Waals surface area (Å²) < 4.78 is 5.17. The van der Waals surface area contributed by atoms with Crippen molar-refractivity contribution in [3.63, 3.8) is 0 Å². The molecule has 1 aromatic heterocycles. The van der Waals surface area contributed by atoms with E-state index in [0.29, 0.717) is 29.8 Å². The molecule has 1 amide bonds. The second-order valence-electron chi connectivity index (χ2n) is 7.21. The molecule has 152 valence electrons. The standard InChI is InChI=1S/C23H20N2O5/c1-30-17-7-5-13(6-8-17)14-9-20-18(21(27)10-14)12-19(23(29)25-20)22(28)24-15-3-2-4-16(26)11-15/h2-8,11-12,14,26H,9-10H2,1H3,(H,24,28)(H,25,29)/t14-/m0/s1. The summed E-state index contributed by atoms with van der Waals surface area (Å²) in [5.41, 5.74) is 1.53. The summed E-state index contributed by atoms with van der Waals surface area (Å²) in [5, 5.41) is 12.1. The number of hydrogen-bond acceptors (Lipinski definition) is 5. The zero-order valence-electron chi connectivity index (χ0n) is 16.3. The molecule has 3 N–H and O–H groups in total. The number of anilines is 1. The fourth-order valence-corrected chi connectivity index (χ4v) is 3.69. The van der Waals surface area contributed by atoms with Crippen LogP contribution >= 0.6 is 0 Å². The van der Waals surface area contributed by atoms with Crippen LogP contribution in [-0.4, -0.2) is 28.9 Å². The van der Waals surface area contributed by atoms with Crippen LogP contribution in [0.1, 0.15) is 44.3 Å². The average molecular weight is 404 g/mol. The molecule has 7 heteroatoms. The molecule has 1 atom stereocenters. The summed E-state index contributed by atoms with van der Waals surface area (Å²) in [6.45, 7) is 0. The van der Waals surface area contributed by atoms with Crippen LogP contribution < -0.4 is 15.6 Å². The molecule has 1 heterocycles. The molecule has 1 aliphatic carbocycles. The molecule has 0 bridgehead atoms. The lowest BCUT2D eigenvalue weighted by Crippen LogP contribution is -2.29. The number of carbonyl (C=O) groups is 2. The highest BCUT2D eigenvalue weighted by atomic mass is 16.5. The second-order valence-corrected chi connectivity index (χ2v) is 7.21. The number of aromatic hydroxyl groups is 1. The number of Topliss-reactive ketones (excluding diaryl/α,β-unsaturated/α-hetero) is 1. The third kappa shape index (κ3) is 3.82. The number of nitrogens with one attached hydrogen (secondary N) is 2. The minimum atomic E-state index is -0.644. The summed E-state index contributed by atoms with van der Waals surface area (Å²) in [5.74, 6) is -0.100. The van der Waals surface area contributed by atoms with E-state index in [4.69, 9.17) is 4.74 Å². The van der Waals surface area contributed by atoms with Crippen molar-refractivity contribution in [2.45, 2.75) is 18.8 Å². The first-order valence-electron chi connectivity index (χ1n) is 9.48. The predicted molar refractivity (Wildman–Crippen MR) is 112 cm³/mol. The van der Waals surface area contributed by atoms with Crippen LogP contribution in [0.3, 0.4) is 0 Å². The second kappa shape index (κ2) is 7.87. The maximum Gasteiger partial charge on any atom is 0.261 e. The van der Waals surface area contributed by atoms with Crippen molar-refractivity contribution in [1.82, 2.24) is 4.98 Å². The number of aromatic amines is 1. The molecule has 0 spiro atoms. The molecule has 0 saturated carbocycles. The number of H-pyrrole nitrogens is 1. The largest absolute Gasteiger partial charge is 0.508 e. The fourth-order valence-electron chi connectivity index (χ4n) is 3.69. The lowest BCUT2D eigenvalue weighted by Gasteiger charge is -2.24. The van der Waals surface area contributed by atoms with E-state index in [0.717, 1.165) is 11.3 Å². The Morgan fingerprint density at radius 2 is 1.87 bits per heavy atom. The van der Waals surface area contributed by atoms with Gasteiger partial charge in [0.25, 0.3) is 11.5 Å². The molecule has 1 aliphatic rings. The van der Waals surface area contributed by atoms with Gasteiger partial charge in [0.15, 0.2) is 5.78 Å². The highest BCUT2D eigenvalue weighted by molar-refractivity contribution is 6.06. The summed E-state index contributed by atoms with van der Waals surface area (Å²) in [6.07, 6.45) is 0.788. The molecule has 0 unspecified atom stereocenters. The van der Waals surface area contributed by atoms with E-state index in [2.05, 4.69) is 10.3 Å². The van der Waals surface area contributed by atoms with Crippen LogP contribution in [0.2, 0.25) is 0 Å². The Bertz CT molecular complexity index is 1180. The first-order chi connectivity index (χ1) is 14.4. The van der Waals surface area contributed by atoms with Gasteiger partial charge in [0.2, 0.25) is 0 Å². The first-order valence-corrected chi connectivity index (χ1v) is 9.48. The summed E-state index contributed by atoms with van der Waals surface area (Å²) in [6, 6.07) is 14.9. The zero-order valence-corrected chi connectivity index (χ0v) is 16.3. The normalized spacial score (nSPS) is 15.4. The maximum atomic E-state index is 12.8. The molecule has 0 aliphatic heterocycles. The number of ketones is 1. The number of amides is 1. The molecular weight excluding hydrogens is 384 g/mol. The molecule has 3 aromatic rings. The van der Waals surface area contributed by atoms with Crippen molar-refractivity contribution in [2.24, 2.45) is 0 Å². The van der Waals surface area contributed by atoms with Gasteiger partial charge < -0.3 is 20.1 Å². The van der Waals surface area contributed by atoms with E-state index in [9.17, 15) is 19.5 Å². The highest BCUT2D eigenvalue weighted by Crippen LogP contribution is 2.32. The number of methoxy groups -OCH3 is 1. The van der Waals surface area contributed by atoms with Crippen molar-refractivity contribution >= 4 is 17.4 Å². The number of benzene rings is 2. The minimum absolute atomic E-state index is 0.00750. The number of aromatic nitrogens is 1. The first kappa shape index (κ1) is 19.4. The van der Waals surface area contributed by atoms with Gasteiger partial charge in [0.1, 0.15) is 17.1 Å². The van der Waals surface area contributed by atoms with Gasteiger partial charge in [0.05, 0.1) is 7.11 Å². The van der Waals surface area contributed by atoms with Crippen LogP contribution in [0.25, 0.3) is 0 Å². The Balaban J connectivity index is 1.60. The van der Waals surface area contributed by atoms with E-state index in [1.165, 1.54) is 18.2 Å². The number of pyridine rings is 1. The molecule has 0 saturated heterocycles. The molecule has 2 aromatic carbocycles. The number of hydrogen-bond donors (Lipinski definition) is 3. The number of fused-ring (bicyclic) bond motifs is 1. The van der Waals surface area contributed by atoms with Crippen molar-refractivity contribution in [3.8, 4) is 11.5 Å². The van der Waals surface area contributed by atoms with Crippen LogP contribution in [0.5, 0.6) is 11.5 Å². The van der Waals surface area contributed by atoms with Gasteiger partial charge in [0, 0.05) is 29.4 Å². The molecular formula is C23H20N2O5. The number of phenols is 1. The van der Waals surface area contributed by atoms with Crippen molar-refractivity contribution in [3.05, 3.63) is 87.3 Å². The fraction of sp³-hybridized carbons (Fsp3) is 0.174. The van der Waals surface area contributed by atoms with Gasteiger partial charge in [-0.1, -0.05) is 18.2 Å². The van der Waals surface area contributed by atoms with Crippen LogP contribution in [-0.2, 0) is 6.42 Å². The molecule has 0 fully saturated rings. The van der Waals surface area contributed by atoms with Crippen LogP contribution in [0.15, 0.2) is 59.4 Å². The third-order valence-corrected chi connectivity index (χ3v) is 5.24. The Labute approximate surface area is 172 Å². The average Bonchev–Trinajstić information content (AvgIpc) is 2.73. The van der Waals surface area contributed by atoms with Gasteiger partial charge in [-0.3, -0.25) is 14.4 Å². The Morgan fingerprint density at radius 3 is 2.57 bits per heavy atom. The monoisotopic (exact) mass is 404 g/mol. The molecule has 7 nitrogen and oxygen atoms in total. The molecule has 4 rings (SSSR count). The van der Waals surface area contributed by atoms with Crippen molar-refractivity contribution in [1.29, 1.82) is 0 Å². The number of ether oxygens (including phenoxy) is 1. The zero-order chi connectivity index (χ0) is 21.3. The third-order valence-electron chi connectivity index (χ3n) is 5.24. The van der Waals surface area contributed by atoms with E-state index in [1.54, 1.807) is 19.2 Å². The van der Waals surface area contributed by atoms with Crippen LogP contribution in [0, 0.1) is 0 Å². The number of rotatable bonds is 4. The van der Waals surface area contributed by atoms with Gasteiger partial charge >= 0.3 is 0 Å². The SMILES string of the molecule is COc1ccc([C@@H]2CC(=O)c3cc(C(=O)Nc4cccc(O)c4)c(=O)[nH]c3C2)cc1. The predicted octanol–water partition coefficient (Wildman–Crippen LogP) is 3.25. The van der Waals surface area contributed by atoms with Crippen LogP contribution in [0.4, 0.5) is 5.69 Å². The number of carbonyl (C=O) groups excluding carboxylic acids is 2.